The van der Waals surface area contributed by atoms with E-state index >= 15 is 0 Å². The van der Waals surface area contributed by atoms with Gasteiger partial charge >= 0.3 is 0 Å². The number of rotatable bonds is 7. The number of fused-ring (bicyclic) bond motifs is 1. The molecule has 5 rings (SSSR count). The van der Waals surface area contributed by atoms with Gasteiger partial charge in [0.2, 0.25) is 0 Å². The fraction of sp³-hybridized carbons (Fsp3) is 0.192. The molecular weight excluding hydrogens is 448 g/mol. The molecule has 1 fully saturated rings. The molecule has 0 saturated carbocycles. The standard InChI is InChI=1S/C26H24N4O3S/c31-26(29-28-17-22-10-11-24(34-22)30-13-15-32-16-14-30)21-8-6-19(7-9-21)18-33-23-5-1-3-20-4-2-12-27-25(20)23/h1-12,17H,13-16,18H2,(H,29,31)/b28-17-. The van der Waals surface area contributed by atoms with E-state index in [1.807, 2.05) is 48.5 Å². The van der Waals surface area contributed by atoms with E-state index in [9.17, 15) is 4.79 Å². The lowest BCUT2D eigenvalue weighted by molar-refractivity contribution is 0.0955. The number of aromatic nitrogens is 1. The zero-order chi connectivity index (χ0) is 23.2. The molecule has 8 heteroatoms. The molecule has 0 unspecified atom stereocenters. The van der Waals surface area contributed by atoms with Crippen molar-refractivity contribution in [1.82, 2.24) is 10.4 Å². The molecule has 0 atom stereocenters. The van der Waals surface area contributed by atoms with Crippen LogP contribution in [0.5, 0.6) is 5.75 Å². The van der Waals surface area contributed by atoms with Gasteiger partial charge in [0.05, 0.1) is 24.4 Å². The van der Waals surface area contributed by atoms with Gasteiger partial charge in [0, 0.05) is 35.1 Å². The fourth-order valence-corrected chi connectivity index (χ4v) is 4.62. The number of pyridine rings is 1. The minimum atomic E-state index is -0.257. The first-order valence-electron chi connectivity index (χ1n) is 11.1. The van der Waals surface area contributed by atoms with Crippen LogP contribution in [0.25, 0.3) is 10.9 Å². The van der Waals surface area contributed by atoms with Crippen LogP contribution in [0.2, 0.25) is 0 Å². The van der Waals surface area contributed by atoms with E-state index in [4.69, 9.17) is 9.47 Å². The number of carbonyl (C=O) groups excluding carboxylic acids is 1. The maximum absolute atomic E-state index is 12.4. The van der Waals surface area contributed by atoms with Crippen LogP contribution in [0.4, 0.5) is 5.00 Å². The average Bonchev–Trinajstić information content (AvgIpc) is 3.37. The van der Waals surface area contributed by atoms with Gasteiger partial charge in [-0.15, -0.1) is 11.3 Å². The molecule has 0 aliphatic carbocycles. The first kappa shape index (κ1) is 22.1. The molecule has 0 radical (unpaired) electrons. The second kappa shape index (κ2) is 10.5. The largest absolute Gasteiger partial charge is 0.487 e. The van der Waals surface area contributed by atoms with Gasteiger partial charge in [-0.2, -0.15) is 5.10 Å². The van der Waals surface area contributed by atoms with E-state index in [0.29, 0.717) is 12.2 Å². The maximum atomic E-state index is 12.4. The highest BCUT2D eigenvalue weighted by Gasteiger charge is 2.13. The van der Waals surface area contributed by atoms with Crippen molar-refractivity contribution in [3.8, 4) is 5.75 Å². The van der Waals surface area contributed by atoms with Crippen molar-refractivity contribution in [3.05, 3.63) is 88.9 Å². The van der Waals surface area contributed by atoms with Crippen LogP contribution in [0.1, 0.15) is 20.8 Å². The number of nitrogens with one attached hydrogen (secondary N) is 1. The molecule has 4 aromatic rings. The van der Waals surface area contributed by atoms with Gasteiger partial charge in [-0.1, -0.05) is 30.3 Å². The first-order chi connectivity index (χ1) is 16.8. The number of nitrogens with zero attached hydrogens (tertiary/aromatic N) is 3. The van der Waals surface area contributed by atoms with E-state index in [-0.39, 0.29) is 5.91 Å². The summed E-state index contributed by atoms with van der Waals surface area (Å²) in [6.45, 7) is 3.69. The molecule has 0 spiro atoms. The Hall–Kier alpha value is -3.75. The molecule has 3 heterocycles. The third kappa shape index (κ3) is 5.24. The van der Waals surface area contributed by atoms with Crippen molar-refractivity contribution < 1.29 is 14.3 Å². The van der Waals surface area contributed by atoms with Crippen LogP contribution >= 0.6 is 11.3 Å². The number of para-hydroxylation sites is 1. The Morgan fingerprint density at radius 3 is 2.76 bits per heavy atom. The van der Waals surface area contributed by atoms with Gasteiger partial charge in [-0.3, -0.25) is 9.78 Å². The highest BCUT2D eigenvalue weighted by atomic mass is 32.1. The molecule has 0 bridgehead atoms. The van der Waals surface area contributed by atoms with E-state index in [0.717, 1.165) is 53.4 Å². The Labute approximate surface area is 201 Å². The Kier molecular flexibility index (Phi) is 6.78. The molecule has 1 aliphatic rings. The van der Waals surface area contributed by atoms with Crippen LogP contribution in [0, 0.1) is 0 Å². The SMILES string of the molecule is O=C(N/N=C\c1ccc(N2CCOCC2)s1)c1ccc(COc2cccc3cccnc23)cc1. The third-order valence-electron chi connectivity index (χ3n) is 5.50. The number of hydrogen-bond donors (Lipinski definition) is 1. The predicted octanol–water partition coefficient (Wildman–Crippen LogP) is 4.48. The molecular formula is C26H24N4O3S. The lowest BCUT2D eigenvalue weighted by Crippen LogP contribution is -2.35. The van der Waals surface area contributed by atoms with Crippen molar-refractivity contribution in [1.29, 1.82) is 0 Å². The smallest absolute Gasteiger partial charge is 0.271 e. The normalized spacial score (nSPS) is 13.9. The molecule has 1 saturated heterocycles. The van der Waals surface area contributed by atoms with Crippen molar-refractivity contribution in [2.45, 2.75) is 6.61 Å². The summed E-state index contributed by atoms with van der Waals surface area (Å²) in [4.78, 5) is 20.1. The molecule has 1 aliphatic heterocycles. The minimum Gasteiger partial charge on any atom is -0.487 e. The molecule has 1 amide bonds. The monoisotopic (exact) mass is 472 g/mol. The number of morpholine rings is 1. The number of benzene rings is 2. The predicted molar refractivity (Wildman–Crippen MR) is 135 cm³/mol. The second-order valence-corrected chi connectivity index (χ2v) is 8.89. The van der Waals surface area contributed by atoms with Gasteiger partial charge in [-0.25, -0.2) is 5.43 Å². The lowest BCUT2D eigenvalue weighted by Gasteiger charge is -2.27. The Morgan fingerprint density at radius 1 is 1.09 bits per heavy atom. The Bertz CT molecular complexity index is 1290. The van der Waals surface area contributed by atoms with E-state index < -0.39 is 0 Å². The summed E-state index contributed by atoms with van der Waals surface area (Å²) >= 11 is 1.64. The second-order valence-electron chi connectivity index (χ2n) is 7.79. The van der Waals surface area contributed by atoms with Gasteiger partial charge in [0.25, 0.3) is 5.91 Å². The molecule has 2 aromatic carbocycles. The van der Waals surface area contributed by atoms with Crippen LogP contribution in [-0.4, -0.2) is 43.4 Å². The van der Waals surface area contributed by atoms with E-state index in [1.165, 1.54) is 5.00 Å². The summed E-state index contributed by atoms with van der Waals surface area (Å²) in [5.74, 6) is 0.478. The van der Waals surface area contributed by atoms with Crippen LogP contribution in [0.3, 0.4) is 0 Å². The summed E-state index contributed by atoms with van der Waals surface area (Å²) in [5.41, 5.74) is 4.93. The number of amides is 1. The number of ether oxygens (including phenoxy) is 2. The summed E-state index contributed by atoms with van der Waals surface area (Å²) < 4.78 is 11.4. The van der Waals surface area contributed by atoms with Gasteiger partial charge in [0.15, 0.2) is 0 Å². The topological polar surface area (TPSA) is 76.1 Å². The first-order valence-corrected chi connectivity index (χ1v) is 11.9. The fourth-order valence-electron chi connectivity index (χ4n) is 3.69. The molecule has 1 N–H and O–H groups in total. The minimum absolute atomic E-state index is 0.257. The van der Waals surface area contributed by atoms with Gasteiger partial charge in [-0.05, 0) is 42.0 Å². The Morgan fingerprint density at radius 2 is 1.91 bits per heavy atom. The summed E-state index contributed by atoms with van der Waals surface area (Å²) in [6.07, 6.45) is 3.43. The van der Waals surface area contributed by atoms with E-state index in [2.05, 4.69) is 26.5 Å². The average molecular weight is 473 g/mol. The molecule has 172 valence electrons. The number of carbonyl (C=O) groups is 1. The third-order valence-corrected chi connectivity index (χ3v) is 6.58. The molecule has 7 nitrogen and oxygen atoms in total. The van der Waals surface area contributed by atoms with Crippen molar-refractivity contribution in [2.75, 3.05) is 31.2 Å². The highest BCUT2D eigenvalue weighted by Crippen LogP contribution is 2.26. The number of anilines is 1. The number of hydrogen-bond acceptors (Lipinski definition) is 7. The van der Waals surface area contributed by atoms with Crippen LogP contribution in [0.15, 0.2) is 78.0 Å². The van der Waals surface area contributed by atoms with Gasteiger partial charge < -0.3 is 14.4 Å². The highest BCUT2D eigenvalue weighted by molar-refractivity contribution is 7.17. The number of thiophene rings is 1. The van der Waals surface area contributed by atoms with Crippen LogP contribution < -0.4 is 15.1 Å². The van der Waals surface area contributed by atoms with Crippen molar-refractivity contribution in [2.24, 2.45) is 5.10 Å². The van der Waals surface area contributed by atoms with Gasteiger partial charge in [0.1, 0.15) is 17.9 Å². The molecule has 2 aromatic heterocycles. The zero-order valence-corrected chi connectivity index (χ0v) is 19.3. The molecule has 34 heavy (non-hydrogen) atoms. The lowest BCUT2D eigenvalue weighted by atomic mass is 10.1. The van der Waals surface area contributed by atoms with Crippen molar-refractivity contribution >= 4 is 39.4 Å². The number of hydrazone groups is 1. The quantitative estimate of drug-likeness (QED) is 0.317. The maximum Gasteiger partial charge on any atom is 0.271 e. The Balaban J connectivity index is 1.14. The zero-order valence-electron chi connectivity index (χ0n) is 18.5. The summed E-state index contributed by atoms with van der Waals surface area (Å²) in [7, 11) is 0. The summed E-state index contributed by atoms with van der Waals surface area (Å²) in [6, 6.07) is 21.2. The van der Waals surface area contributed by atoms with Crippen LogP contribution in [-0.2, 0) is 11.3 Å². The summed E-state index contributed by atoms with van der Waals surface area (Å²) in [5, 5.41) is 6.34. The van der Waals surface area contributed by atoms with E-state index in [1.54, 1.807) is 35.9 Å². The van der Waals surface area contributed by atoms with Crippen molar-refractivity contribution in [3.63, 3.8) is 0 Å².